The molecule has 0 amide bonds. The lowest BCUT2D eigenvalue weighted by Crippen LogP contribution is -2.49. The smallest absolute Gasteiger partial charge is 0.271 e. The van der Waals surface area contributed by atoms with Gasteiger partial charge in [0.15, 0.2) is 0 Å². The maximum absolute atomic E-state index is 12.3. The summed E-state index contributed by atoms with van der Waals surface area (Å²) in [6.45, 7) is 7.89. The molecule has 27 heavy (non-hydrogen) atoms. The number of hydrogen-bond acceptors (Lipinski definition) is 5. The van der Waals surface area contributed by atoms with Crippen LogP contribution in [-0.2, 0) is 10.0 Å². The molecule has 1 aliphatic rings. The molecule has 1 aromatic heterocycles. The van der Waals surface area contributed by atoms with E-state index in [4.69, 9.17) is 0 Å². The topological polar surface area (TPSA) is 75.5 Å². The fourth-order valence-corrected chi connectivity index (χ4v) is 4.69. The number of benzene rings is 1. The summed E-state index contributed by atoms with van der Waals surface area (Å²) in [7, 11) is -3.17. The monoisotopic (exact) mass is 390 g/mol. The van der Waals surface area contributed by atoms with E-state index in [9.17, 15) is 13.2 Å². The Balaban J connectivity index is 1.81. The molecular weight excluding hydrogens is 364 g/mol. The van der Waals surface area contributed by atoms with Gasteiger partial charge in [0.2, 0.25) is 10.0 Å². The minimum Gasteiger partial charge on any atom is -0.353 e. The molecule has 8 heteroatoms. The second-order valence-electron chi connectivity index (χ2n) is 6.91. The van der Waals surface area contributed by atoms with E-state index in [0.29, 0.717) is 38.4 Å². The van der Waals surface area contributed by atoms with Gasteiger partial charge in [-0.2, -0.15) is 8.99 Å². The largest absolute Gasteiger partial charge is 0.353 e. The van der Waals surface area contributed by atoms with Gasteiger partial charge in [-0.05, 0) is 49.6 Å². The molecule has 0 radical (unpaired) electrons. The van der Waals surface area contributed by atoms with Crippen LogP contribution in [0.3, 0.4) is 0 Å². The number of nitrogens with zero attached hydrogens (tertiary/aromatic N) is 4. The Kier molecular flexibility index (Phi) is 5.67. The van der Waals surface area contributed by atoms with Gasteiger partial charge in [0, 0.05) is 32.2 Å². The molecule has 2 aromatic rings. The van der Waals surface area contributed by atoms with Crippen molar-refractivity contribution in [1.82, 2.24) is 14.1 Å². The molecule has 1 saturated heterocycles. The molecule has 0 N–H and O–H groups in total. The molecular formula is C19H26N4O3S. The van der Waals surface area contributed by atoms with Crippen LogP contribution in [0.25, 0.3) is 5.69 Å². The average Bonchev–Trinajstić information content (AvgIpc) is 2.64. The highest BCUT2D eigenvalue weighted by Crippen LogP contribution is 2.17. The molecule has 1 aliphatic heterocycles. The number of sulfonamides is 1. The van der Waals surface area contributed by atoms with Crippen molar-refractivity contribution < 1.29 is 8.42 Å². The summed E-state index contributed by atoms with van der Waals surface area (Å²) in [5.41, 5.74) is 2.80. The van der Waals surface area contributed by atoms with E-state index in [1.54, 1.807) is 10.4 Å². The highest BCUT2D eigenvalue weighted by Gasteiger charge is 2.26. The third-order valence-electron chi connectivity index (χ3n) is 4.94. The maximum Gasteiger partial charge on any atom is 0.271 e. The van der Waals surface area contributed by atoms with Crippen LogP contribution in [0.1, 0.15) is 24.5 Å². The quantitative estimate of drug-likeness (QED) is 0.777. The molecule has 1 fully saturated rings. The fraction of sp³-hybridized carbons (Fsp3) is 0.474. The van der Waals surface area contributed by atoms with E-state index >= 15 is 0 Å². The van der Waals surface area contributed by atoms with Crippen LogP contribution in [0, 0.1) is 13.8 Å². The summed E-state index contributed by atoms with van der Waals surface area (Å²) in [4.78, 5) is 14.3. The van der Waals surface area contributed by atoms with Crippen molar-refractivity contribution in [1.29, 1.82) is 0 Å². The summed E-state index contributed by atoms with van der Waals surface area (Å²) >= 11 is 0. The molecule has 3 rings (SSSR count). The lowest BCUT2D eigenvalue weighted by molar-refractivity contribution is 0.383. The van der Waals surface area contributed by atoms with Gasteiger partial charge >= 0.3 is 0 Å². The summed E-state index contributed by atoms with van der Waals surface area (Å²) in [5, 5.41) is 4.52. The van der Waals surface area contributed by atoms with Crippen molar-refractivity contribution in [2.45, 2.75) is 27.2 Å². The number of aryl methyl sites for hydroxylation is 2. The van der Waals surface area contributed by atoms with Crippen molar-refractivity contribution in [2.75, 3.05) is 36.8 Å². The second kappa shape index (κ2) is 7.82. The van der Waals surface area contributed by atoms with Crippen molar-refractivity contribution in [3.63, 3.8) is 0 Å². The predicted molar refractivity (Wildman–Crippen MR) is 107 cm³/mol. The average molecular weight is 391 g/mol. The van der Waals surface area contributed by atoms with Crippen LogP contribution in [0.5, 0.6) is 0 Å². The van der Waals surface area contributed by atoms with Gasteiger partial charge in [0.1, 0.15) is 5.82 Å². The number of rotatable bonds is 5. The lowest BCUT2D eigenvalue weighted by Gasteiger charge is -2.34. The zero-order valence-electron chi connectivity index (χ0n) is 16.1. The van der Waals surface area contributed by atoms with Crippen molar-refractivity contribution in [3.8, 4) is 5.69 Å². The van der Waals surface area contributed by atoms with Crippen molar-refractivity contribution in [3.05, 3.63) is 51.8 Å². The Morgan fingerprint density at radius 2 is 1.70 bits per heavy atom. The SMILES string of the molecule is CCCS(=O)(=O)N1CCN(c2ccc(=O)n(-c3ccc(C)c(C)c3)n2)CC1. The summed E-state index contributed by atoms with van der Waals surface area (Å²) in [6, 6.07) is 9.02. The molecule has 0 atom stereocenters. The molecule has 0 bridgehead atoms. The van der Waals surface area contributed by atoms with Crippen molar-refractivity contribution >= 4 is 15.8 Å². The Bertz CT molecular complexity index is 977. The second-order valence-corrected chi connectivity index (χ2v) is 9.00. The molecule has 146 valence electrons. The molecule has 0 saturated carbocycles. The first-order chi connectivity index (χ1) is 12.8. The van der Waals surface area contributed by atoms with Gasteiger partial charge in [-0.15, -0.1) is 5.10 Å². The van der Waals surface area contributed by atoms with Crippen LogP contribution in [0.4, 0.5) is 5.82 Å². The Labute approximate surface area is 160 Å². The van der Waals surface area contributed by atoms with Crippen LogP contribution in [-0.4, -0.2) is 54.4 Å². The Hall–Kier alpha value is -2.19. The minimum absolute atomic E-state index is 0.183. The highest BCUT2D eigenvalue weighted by atomic mass is 32.2. The van der Waals surface area contributed by atoms with Gasteiger partial charge in [0.25, 0.3) is 5.56 Å². The molecule has 0 spiro atoms. The molecule has 2 heterocycles. The Morgan fingerprint density at radius 3 is 2.33 bits per heavy atom. The summed E-state index contributed by atoms with van der Waals surface area (Å²) < 4.78 is 27.4. The Morgan fingerprint density at radius 1 is 1.00 bits per heavy atom. The highest BCUT2D eigenvalue weighted by molar-refractivity contribution is 7.89. The van der Waals surface area contributed by atoms with Crippen molar-refractivity contribution in [2.24, 2.45) is 0 Å². The van der Waals surface area contributed by atoms with E-state index in [2.05, 4.69) is 5.10 Å². The van der Waals surface area contributed by atoms with Gasteiger partial charge in [-0.25, -0.2) is 8.42 Å². The standard InChI is InChI=1S/C19H26N4O3S/c1-4-13-27(25,26)22-11-9-21(10-12-22)18-7-8-19(24)23(20-18)17-6-5-15(2)16(3)14-17/h5-8,14H,4,9-13H2,1-3H3. The van der Waals surface area contributed by atoms with E-state index in [0.717, 1.165) is 16.8 Å². The van der Waals surface area contributed by atoms with E-state index in [1.807, 2.05) is 43.9 Å². The lowest BCUT2D eigenvalue weighted by atomic mass is 10.1. The maximum atomic E-state index is 12.3. The van der Waals surface area contributed by atoms with E-state index < -0.39 is 10.0 Å². The third kappa shape index (κ3) is 4.22. The zero-order valence-corrected chi connectivity index (χ0v) is 16.9. The normalized spacial score (nSPS) is 15.9. The molecule has 7 nitrogen and oxygen atoms in total. The third-order valence-corrected chi connectivity index (χ3v) is 7.02. The number of hydrogen-bond donors (Lipinski definition) is 0. The summed E-state index contributed by atoms with van der Waals surface area (Å²) in [6.07, 6.45) is 0.616. The first-order valence-electron chi connectivity index (χ1n) is 9.22. The fourth-order valence-electron chi connectivity index (χ4n) is 3.19. The van der Waals surface area contributed by atoms with Gasteiger partial charge < -0.3 is 4.90 Å². The van der Waals surface area contributed by atoms with Gasteiger partial charge in [-0.3, -0.25) is 4.79 Å². The number of piperazine rings is 1. The first kappa shape index (κ1) is 19.6. The van der Waals surface area contributed by atoms with E-state index in [-0.39, 0.29) is 11.3 Å². The number of anilines is 1. The van der Waals surface area contributed by atoms with Crippen LogP contribution >= 0.6 is 0 Å². The number of aromatic nitrogens is 2. The minimum atomic E-state index is -3.17. The van der Waals surface area contributed by atoms with Crippen LogP contribution < -0.4 is 10.5 Å². The molecule has 0 unspecified atom stereocenters. The van der Waals surface area contributed by atoms with Gasteiger partial charge in [-0.1, -0.05) is 13.0 Å². The van der Waals surface area contributed by atoms with Gasteiger partial charge in [0.05, 0.1) is 11.4 Å². The molecule has 1 aromatic carbocycles. The first-order valence-corrected chi connectivity index (χ1v) is 10.8. The molecule has 0 aliphatic carbocycles. The van der Waals surface area contributed by atoms with Crippen LogP contribution in [0.2, 0.25) is 0 Å². The zero-order chi connectivity index (χ0) is 19.6. The van der Waals surface area contributed by atoms with E-state index in [1.165, 1.54) is 10.7 Å². The van der Waals surface area contributed by atoms with Crippen LogP contribution in [0.15, 0.2) is 35.1 Å². The summed E-state index contributed by atoms with van der Waals surface area (Å²) in [5.74, 6) is 0.864. The predicted octanol–water partition coefficient (Wildman–Crippen LogP) is 1.71.